The molecule has 1 unspecified atom stereocenters. The largest absolute Gasteiger partial charge is 0.507 e. The zero-order valence-corrected chi connectivity index (χ0v) is 17.0. The van der Waals surface area contributed by atoms with Crippen molar-refractivity contribution in [2.24, 2.45) is 0 Å². The highest BCUT2D eigenvalue weighted by atomic mass is 16.5. The SMILES string of the molecule is Cc1cccc(C2/C(=C(/O)c3ccc4c(c3)CCO4)C(=O)C(=O)N2Cc2ccco2)c1. The molecule has 1 amide bonds. The summed E-state index contributed by atoms with van der Waals surface area (Å²) in [6.45, 7) is 2.67. The lowest BCUT2D eigenvalue weighted by Gasteiger charge is -2.24. The molecule has 3 heterocycles. The summed E-state index contributed by atoms with van der Waals surface area (Å²) in [6, 6.07) is 15.7. The number of rotatable bonds is 4. The van der Waals surface area contributed by atoms with E-state index in [0.717, 1.165) is 28.9 Å². The zero-order valence-electron chi connectivity index (χ0n) is 17.0. The molecule has 1 atom stereocenters. The first-order chi connectivity index (χ1) is 15.0. The summed E-state index contributed by atoms with van der Waals surface area (Å²) in [7, 11) is 0. The predicted molar refractivity (Wildman–Crippen MR) is 113 cm³/mol. The summed E-state index contributed by atoms with van der Waals surface area (Å²) in [6.07, 6.45) is 2.27. The molecular weight excluding hydrogens is 394 g/mol. The molecule has 2 aliphatic heterocycles. The van der Waals surface area contributed by atoms with Gasteiger partial charge in [0, 0.05) is 12.0 Å². The van der Waals surface area contributed by atoms with Gasteiger partial charge < -0.3 is 19.2 Å². The Balaban J connectivity index is 1.65. The number of ketones is 1. The van der Waals surface area contributed by atoms with Crippen LogP contribution in [0.2, 0.25) is 0 Å². The van der Waals surface area contributed by atoms with E-state index in [0.29, 0.717) is 17.9 Å². The fourth-order valence-electron chi connectivity index (χ4n) is 4.29. The summed E-state index contributed by atoms with van der Waals surface area (Å²) in [5, 5.41) is 11.2. The molecule has 0 radical (unpaired) electrons. The second-order valence-corrected chi connectivity index (χ2v) is 7.84. The standard InChI is InChI=1S/C25H21NO5/c1-15-4-2-5-17(12-15)22-21(23(27)18-7-8-20-16(13-18)9-11-31-20)24(28)25(29)26(22)14-19-6-3-10-30-19/h2-8,10,12-13,22,27H,9,11,14H2,1H3/b23-21-. The highest BCUT2D eigenvalue weighted by Gasteiger charge is 2.46. The van der Waals surface area contributed by atoms with Crippen molar-refractivity contribution >= 4 is 17.4 Å². The summed E-state index contributed by atoms with van der Waals surface area (Å²) >= 11 is 0. The molecule has 0 saturated carbocycles. The Hall–Kier alpha value is -3.80. The number of furan rings is 1. The van der Waals surface area contributed by atoms with E-state index < -0.39 is 17.7 Å². The number of hydrogen-bond donors (Lipinski definition) is 1. The Labute approximate surface area is 179 Å². The summed E-state index contributed by atoms with van der Waals surface area (Å²) in [5.74, 6) is -0.193. The number of carbonyl (C=O) groups excluding carboxylic acids is 2. The van der Waals surface area contributed by atoms with Crippen LogP contribution in [0.1, 0.15) is 34.1 Å². The van der Waals surface area contributed by atoms with E-state index >= 15 is 0 Å². The van der Waals surface area contributed by atoms with Gasteiger partial charge in [0.2, 0.25) is 0 Å². The minimum Gasteiger partial charge on any atom is -0.507 e. The molecule has 0 bridgehead atoms. The number of aryl methyl sites for hydroxylation is 1. The number of nitrogens with zero attached hydrogens (tertiary/aromatic N) is 1. The monoisotopic (exact) mass is 415 g/mol. The molecule has 0 spiro atoms. The van der Waals surface area contributed by atoms with Gasteiger partial charge >= 0.3 is 0 Å². The molecule has 1 saturated heterocycles. The third kappa shape index (κ3) is 3.30. The zero-order chi connectivity index (χ0) is 21.5. The maximum absolute atomic E-state index is 13.1. The predicted octanol–water partition coefficient (Wildman–Crippen LogP) is 4.14. The van der Waals surface area contributed by atoms with Crippen molar-refractivity contribution in [3.05, 3.63) is 94.4 Å². The van der Waals surface area contributed by atoms with Gasteiger partial charge in [-0.3, -0.25) is 9.59 Å². The van der Waals surface area contributed by atoms with Crippen LogP contribution in [-0.2, 0) is 22.6 Å². The van der Waals surface area contributed by atoms with E-state index in [9.17, 15) is 14.7 Å². The quantitative estimate of drug-likeness (QED) is 0.393. The number of carbonyl (C=O) groups is 2. The third-order valence-electron chi connectivity index (χ3n) is 5.77. The van der Waals surface area contributed by atoms with E-state index in [1.54, 1.807) is 24.3 Å². The molecule has 2 aromatic carbocycles. The van der Waals surface area contributed by atoms with Gasteiger partial charge in [-0.2, -0.15) is 0 Å². The maximum atomic E-state index is 13.1. The molecule has 2 aliphatic rings. The number of amides is 1. The van der Waals surface area contributed by atoms with Crippen molar-refractivity contribution < 1.29 is 23.8 Å². The van der Waals surface area contributed by atoms with Crippen molar-refractivity contribution in [1.29, 1.82) is 0 Å². The van der Waals surface area contributed by atoms with Crippen LogP contribution in [0.3, 0.4) is 0 Å². The van der Waals surface area contributed by atoms with Gasteiger partial charge in [-0.25, -0.2) is 0 Å². The lowest BCUT2D eigenvalue weighted by Crippen LogP contribution is -2.29. The van der Waals surface area contributed by atoms with Gasteiger partial charge in [0.05, 0.1) is 31.0 Å². The second-order valence-electron chi connectivity index (χ2n) is 7.84. The van der Waals surface area contributed by atoms with Crippen LogP contribution >= 0.6 is 0 Å². The minimum atomic E-state index is -0.713. The number of benzene rings is 2. The summed E-state index contributed by atoms with van der Waals surface area (Å²) in [4.78, 5) is 27.6. The Morgan fingerprint density at radius 3 is 2.77 bits per heavy atom. The Bertz CT molecular complexity index is 1210. The Morgan fingerprint density at radius 1 is 1.13 bits per heavy atom. The smallest absolute Gasteiger partial charge is 0.296 e. The van der Waals surface area contributed by atoms with E-state index in [1.807, 2.05) is 37.3 Å². The average molecular weight is 415 g/mol. The first-order valence-electron chi connectivity index (χ1n) is 10.2. The molecule has 1 fully saturated rings. The molecule has 3 aromatic rings. The number of Topliss-reactive ketones (excluding diaryl/α,β-unsaturated/α-hetero) is 1. The first-order valence-corrected chi connectivity index (χ1v) is 10.2. The van der Waals surface area contributed by atoms with Gasteiger partial charge in [0.25, 0.3) is 11.7 Å². The lowest BCUT2D eigenvalue weighted by molar-refractivity contribution is -0.140. The number of fused-ring (bicyclic) bond motifs is 1. The Morgan fingerprint density at radius 2 is 2.00 bits per heavy atom. The van der Waals surface area contributed by atoms with Gasteiger partial charge in [0.1, 0.15) is 17.3 Å². The second kappa shape index (κ2) is 7.47. The fourth-order valence-corrected chi connectivity index (χ4v) is 4.29. The van der Waals surface area contributed by atoms with Gasteiger partial charge in [-0.15, -0.1) is 0 Å². The van der Waals surface area contributed by atoms with Crippen LogP contribution in [0.4, 0.5) is 0 Å². The highest BCUT2D eigenvalue weighted by Crippen LogP contribution is 2.41. The number of ether oxygens (including phenoxy) is 1. The highest BCUT2D eigenvalue weighted by molar-refractivity contribution is 6.46. The van der Waals surface area contributed by atoms with Crippen LogP contribution in [0.5, 0.6) is 5.75 Å². The van der Waals surface area contributed by atoms with Gasteiger partial charge in [0.15, 0.2) is 0 Å². The number of aliphatic hydroxyl groups is 1. The third-order valence-corrected chi connectivity index (χ3v) is 5.77. The maximum Gasteiger partial charge on any atom is 0.296 e. The van der Waals surface area contributed by atoms with Crippen molar-refractivity contribution in [3.8, 4) is 5.75 Å². The molecule has 6 heteroatoms. The van der Waals surface area contributed by atoms with Crippen molar-refractivity contribution in [3.63, 3.8) is 0 Å². The molecule has 1 aromatic heterocycles. The number of likely N-dealkylation sites (tertiary alicyclic amines) is 1. The molecule has 6 nitrogen and oxygen atoms in total. The van der Waals surface area contributed by atoms with E-state index in [1.165, 1.54) is 11.2 Å². The van der Waals surface area contributed by atoms with Gasteiger partial charge in [-0.05, 0) is 48.4 Å². The van der Waals surface area contributed by atoms with Crippen LogP contribution < -0.4 is 4.74 Å². The fraction of sp³-hybridized carbons (Fsp3) is 0.200. The summed E-state index contributed by atoms with van der Waals surface area (Å²) in [5.41, 5.74) is 3.31. The number of hydrogen-bond acceptors (Lipinski definition) is 5. The first kappa shape index (κ1) is 19.2. The number of aliphatic hydroxyl groups excluding tert-OH is 1. The van der Waals surface area contributed by atoms with Crippen LogP contribution in [0.25, 0.3) is 5.76 Å². The van der Waals surface area contributed by atoms with Crippen molar-refractivity contribution in [1.82, 2.24) is 4.90 Å². The topological polar surface area (TPSA) is 80.0 Å². The molecule has 5 rings (SSSR count). The molecule has 0 aliphatic carbocycles. The molecule has 1 N–H and O–H groups in total. The van der Waals surface area contributed by atoms with Crippen LogP contribution in [-0.4, -0.2) is 28.3 Å². The molecular formula is C25H21NO5. The van der Waals surface area contributed by atoms with Crippen LogP contribution in [0.15, 0.2) is 70.9 Å². The van der Waals surface area contributed by atoms with Crippen molar-refractivity contribution in [2.45, 2.75) is 25.9 Å². The normalized spacial score (nSPS) is 19.5. The van der Waals surface area contributed by atoms with E-state index in [2.05, 4.69) is 0 Å². The van der Waals surface area contributed by atoms with Crippen molar-refractivity contribution in [2.75, 3.05) is 6.61 Å². The Kier molecular flexibility index (Phi) is 4.62. The molecule has 31 heavy (non-hydrogen) atoms. The van der Waals surface area contributed by atoms with E-state index in [-0.39, 0.29) is 17.9 Å². The lowest BCUT2D eigenvalue weighted by atomic mass is 9.94. The minimum absolute atomic E-state index is 0.0843. The van der Waals surface area contributed by atoms with E-state index in [4.69, 9.17) is 9.15 Å². The summed E-state index contributed by atoms with van der Waals surface area (Å²) < 4.78 is 11.0. The average Bonchev–Trinajstić information content (AvgIpc) is 3.50. The van der Waals surface area contributed by atoms with Gasteiger partial charge in [-0.1, -0.05) is 29.8 Å². The molecule has 156 valence electrons. The van der Waals surface area contributed by atoms with Crippen LogP contribution in [0, 0.1) is 6.92 Å².